The number of urea groups is 1. The Balaban J connectivity index is 0.00000225. The monoisotopic (exact) mass is 450 g/mol. The van der Waals surface area contributed by atoms with Gasteiger partial charge >= 0.3 is 24.9 Å². The third-order valence-corrected chi connectivity index (χ3v) is 5.82. The van der Waals surface area contributed by atoms with E-state index in [0.717, 1.165) is 24.5 Å². The van der Waals surface area contributed by atoms with Crippen molar-refractivity contribution in [2.45, 2.75) is 9.79 Å². The molecule has 0 aliphatic carbocycles. The van der Waals surface area contributed by atoms with Gasteiger partial charge in [-0.2, -0.15) is 5.01 Å². The Hall–Kier alpha value is -2.67. The van der Waals surface area contributed by atoms with Gasteiger partial charge in [0, 0.05) is 28.3 Å². The number of nitrogens with one attached hydrogen (secondary N) is 2. The molecule has 13 nitrogen and oxygen atoms in total. The molecule has 0 saturated heterocycles. The smallest absolute Gasteiger partial charge is 0.870 e. The molecule has 0 fully saturated rings. The zero-order valence-corrected chi connectivity index (χ0v) is 17.1. The summed E-state index contributed by atoms with van der Waals surface area (Å²) in [6.45, 7) is 0. The van der Waals surface area contributed by atoms with Crippen LogP contribution in [0.5, 0.6) is 0 Å². The number of nitrogens with two attached hydrogens (primary N) is 2. The second kappa shape index (κ2) is 8.59. The summed E-state index contributed by atoms with van der Waals surface area (Å²) in [7, 11) is -6.70. The number of amides is 4. The Morgan fingerprint density at radius 3 is 2.10 bits per heavy atom. The molecule has 3 rings (SSSR count). The Morgan fingerprint density at radius 1 is 1.10 bits per heavy atom. The zero-order valence-electron chi connectivity index (χ0n) is 15.5. The third kappa shape index (κ3) is 3.99. The van der Waals surface area contributed by atoms with Crippen molar-refractivity contribution in [1.82, 2.24) is 15.9 Å². The Bertz CT molecular complexity index is 1270. The Morgan fingerprint density at radius 2 is 1.63 bits per heavy atom. The molecule has 4 amide bonds. The predicted molar refractivity (Wildman–Crippen MR) is 96.8 cm³/mol. The van der Waals surface area contributed by atoms with E-state index in [1.54, 1.807) is 5.43 Å². The van der Waals surface area contributed by atoms with E-state index in [4.69, 9.17) is 11.6 Å². The standard InChI is InChI=1S/C14H12N5O7S2.Li.H2O/c1-28(25,26)5-2-6-10-7(3-5)12(20)19(18-14(22)17-16)13(21)8(10)4-9(11(6)15)27(23)24;;/h2-4H,15-16H2,1H3,(H2,17,18,22);;1H2/q-1;+1;/p-1. The van der Waals surface area contributed by atoms with E-state index in [2.05, 4.69) is 0 Å². The minimum Gasteiger partial charge on any atom is -0.870 e. The number of anilines is 1. The van der Waals surface area contributed by atoms with Crippen LogP contribution in [0, 0.1) is 0 Å². The van der Waals surface area contributed by atoms with Crippen LogP contribution in [0.15, 0.2) is 28.0 Å². The first kappa shape index (κ1) is 25.4. The fraction of sp³-hybridized carbons (Fsp3) is 0.0714. The van der Waals surface area contributed by atoms with Crippen molar-refractivity contribution in [3.05, 3.63) is 29.3 Å². The maximum absolute atomic E-state index is 12.7. The molecule has 0 aromatic heterocycles. The number of hydrogen-bond donors (Lipinski definition) is 4. The van der Waals surface area contributed by atoms with Gasteiger partial charge in [-0.25, -0.2) is 24.5 Å². The minimum atomic E-state index is -3.83. The first-order chi connectivity index (χ1) is 13.0. The number of hydrazine groups is 2. The fourth-order valence-electron chi connectivity index (χ4n) is 2.79. The van der Waals surface area contributed by atoms with Crippen LogP contribution in [0.4, 0.5) is 10.5 Å². The van der Waals surface area contributed by atoms with Crippen molar-refractivity contribution in [1.29, 1.82) is 0 Å². The largest absolute Gasteiger partial charge is 1.00 e. The van der Waals surface area contributed by atoms with Gasteiger partial charge in [-0.3, -0.25) is 15.0 Å². The van der Waals surface area contributed by atoms with Crippen molar-refractivity contribution >= 4 is 54.8 Å². The van der Waals surface area contributed by atoms with Gasteiger partial charge in [0.25, 0.3) is 11.8 Å². The predicted octanol–water partition coefficient (Wildman–Crippen LogP) is -4.00. The summed E-state index contributed by atoms with van der Waals surface area (Å²) in [5.74, 6) is 2.83. The summed E-state index contributed by atoms with van der Waals surface area (Å²) < 4.78 is 47.0. The molecule has 0 spiro atoms. The molecule has 2 aromatic carbocycles. The van der Waals surface area contributed by atoms with Gasteiger partial charge in [0.1, 0.15) is 0 Å². The van der Waals surface area contributed by atoms with Gasteiger partial charge < -0.3 is 19.6 Å². The molecular weight excluding hydrogens is 437 g/mol. The van der Waals surface area contributed by atoms with E-state index >= 15 is 0 Å². The van der Waals surface area contributed by atoms with Crippen LogP contribution >= 0.6 is 0 Å². The van der Waals surface area contributed by atoms with E-state index in [1.165, 1.54) is 0 Å². The van der Waals surface area contributed by atoms with Crippen LogP contribution in [0.2, 0.25) is 0 Å². The summed E-state index contributed by atoms with van der Waals surface area (Å²) in [5, 5.41) is 0.165. The molecule has 0 bridgehead atoms. The average molecular weight is 450 g/mol. The van der Waals surface area contributed by atoms with Gasteiger partial charge in [0.15, 0.2) is 9.84 Å². The summed E-state index contributed by atoms with van der Waals surface area (Å²) in [5.41, 5.74) is 8.57. The average Bonchev–Trinajstić information content (AvgIpc) is 2.62. The van der Waals surface area contributed by atoms with E-state index < -0.39 is 43.3 Å². The molecule has 0 unspecified atom stereocenters. The normalized spacial score (nSPS) is 13.0. The van der Waals surface area contributed by atoms with Crippen LogP contribution in [0.3, 0.4) is 0 Å². The van der Waals surface area contributed by atoms with Crippen LogP contribution < -0.4 is 41.3 Å². The number of carbonyl (C=O) groups is 3. The van der Waals surface area contributed by atoms with E-state index in [1.807, 2.05) is 5.43 Å². The third-order valence-electron chi connectivity index (χ3n) is 4.03. The van der Waals surface area contributed by atoms with Crippen molar-refractivity contribution < 1.29 is 55.6 Å². The topological polar surface area (TPSA) is 229 Å². The number of rotatable bonds is 3. The van der Waals surface area contributed by atoms with Crippen molar-refractivity contribution in [3.63, 3.8) is 0 Å². The van der Waals surface area contributed by atoms with Crippen molar-refractivity contribution in [3.8, 4) is 0 Å². The zero-order chi connectivity index (χ0) is 21.0. The van der Waals surface area contributed by atoms with Crippen LogP contribution in [-0.4, -0.2) is 43.0 Å². The number of sulfone groups is 1. The molecule has 1 aliphatic rings. The molecule has 16 heteroatoms. The number of imide groups is 1. The molecule has 2 aromatic rings. The maximum Gasteiger partial charge on any atom is 1.00 e. The van der Waals surface area contributed by atoms with Crippen molar-refractivity contribution in [2.24, 2.45) is 5.84 Å². The summed E-state index contributed by atoms with van der Waals surface area (Å²) >= 11 is 0. The molecule has 0 radical (unpaired) electrons. The van der Waals surface area contributed by atoms with E-state index in [9.17, 15) is 31.2 Å². The molecule has 0 atom stereocenters. The fourth-order valence-corrected chi connectivity index (χ4v) is 3.96. The molecular formula is C14H13LiN5O8S2-. The number of nitrogen functional groups attached to an aromatic ring is 1. The molecule has 30 heavy (non-hydrogen) atoms. The minimum absolute atomic E-state index is 0. The van der Waals surface area contributed by atoms with Gasteiger partial charge in [0.05, 0.1) is 10.5 Å². The number of hydrogen-bond acceptors (Lipinski definition) is 11. The Kier molecular flexibility index (Phi) is 7.27. The van der Waals surface area contributed by atoms with Gasteiger partial charge in [-0.05, 0) is 22.8 Å². The Labute approximate surface area is 183 Å². The van der Waals surface area contributed by atoms with Gasteiger partial charge in [-0.15, -0.1) is 0 Å². The van der Waals surface area contributed by atoms with Crippen molar-refractivity contribution in [2.75, 3.05) is 12.0 Å². The maximum atomic E-state index is 12.7. The van der Waals surface area contributed by atoms with Crippen LogP contribution in [0.1, 0.15) is 20.7 Å². The molecule has 156 valence electrons. The SMILES string of the molecule is CS(=O)(=O)c1cc2c3c(cc([S-](=O)=O)c(N)c3c1)C(=O)N(NC(=O)NN)C2=O.[Li+].[OH-]. The van der Waals surface area contributed by atoms with Crippen LogP contribution in [0.25, 0.3) is 10.8 Å². The number of nitrogens with zero attached hydrogens (tertiary/aromatic N) is 1. The first-order valence-electron chi connectivity index (χ1n) is 7.33. The van der Waals surface area contributed by atoms with Crippen LogP contribution in [-0.2, 0) is 29.0 Å². The van der Waals surface area contributed by atoms with E-state index in [0.29, 0.717) is 5.01 Å². The van der Waals surface area contributed by atoms with Gasteiger partial charge in [-0.1, -0.05) is 11.0 Å². The molecule has 0 saturated carbocycles. The van der Waals surface area contributed by atoms with Gasteiger partial charge in [0.2, 0.25) is 0 Å². The molecule has 1 heterocycles. The number of carbonyl (C=O) groups excluding carboxylic acids is 3. The molecule has 7 N–H and O–H groups in total. The molecule has 1 aliphatic heterocycles. The second-order valence-corrected chi connectivity index (χ2v) is 8.69. The van der Waals surface area contributed by atoms with E-state index in [-0.39, 0.29) is 56.8 Å². The summed E-state index contributed by atoms with van der Waals surface area (Å²) in [6.07, 6.45) is 0.879. The summed E-state index contributed by atoms with van der Waals surface area (Å²) in [6, 6.07) is 1.93. The number of benzene rings is 2. The first-order valence-corrected chi connectivity index (χ1v) is 10.3. The summed E-state index contributed by atoms with van der Waals surface area (Å²) in [4.78, 5) is 36.1. The second-order valence-electron chi connectivity index (χ2n) is 5.77. The quantitative estimate of drug-likeness (QED) is 0.0673.